The van der Waals surface area contributed by atoms with Gasteiger partial charge in [-0.1, -0.05) is 19.8 Å². The summed E-state index contributed by atoms with van der Waals surface area (Å²) >= 11 is 0. The van der Waals surface area contributed by atoms with Crippen LogP contribution in [0.1, 0.15) is 61.4 Å². The second kappa shape index (κ2) is 15.4. The molecule has 0 spiro atoms. The number of benzene rings is 2. The number of aliphatic carboxylic acids is 2. The molecule has 0 saturated carbocycles. The maximum atomic E-state index is 14.9. The summed E-state index contributed by atoms with van der Waals surface area (Å²) in [5.41, 5.74) is 1.40. The van der Waals surface area contributed by atoms with E-state index >= 15 is 0 Å². The van der Waals surface area contributed by atoms with Crippen LogP contribution in [0.3, 0.4) is 0 Å². The number of nitrogens with zero attached hydrogens (tertiary/aromatic N) is 3. The van der Waals surface area contributed by atoms with E-state index < -0.39 is 35.4 Å². The van der Waals surface area contributed by atoms with Crippen molar-refractivity contribution in [3.05, 3.63) is 71.7 Å². The van der Waals surface area contributed by atoms with Gasteiger partial charge in [0.15, 0.2) is 23.0 Å². The third-order valence-electron chi connectivity index (χ3n) is 9.07. The first-order chi connectivity index (χ1) is 23.6. The predicted molar refractivity (Wildman–Crippen MR) is 178 cm³/mol. The monoisotopic (exact) mass is 678 g/mol. The molecule has 5 N–H and O–H groups in total. The molecule has 14 heteroatoms. The van der Waals surface area contributed by atoms with Crippen LogP contribution in [0.15, 0.2) is 48.9 Å². The summed E-state index contributed by atoms with van der Waals surface area (Å²) in [4.78, 5) is 45.5. The van der Waals surface area contributed by atoms with Crippen molar-refractivity contribution < 1.29 is 38.1 Å². The van der Waals surface area contributed by atoms with Crippen LogP contribution >= 0.6 is 0 Å². The minimum absolute atomic E-state index is 0.0138. The molecule has 1 aliphatic rings. The van der Waals surface area contributed by atoms with Crippen molar-refractivity contribution in [2.45, 2.75) is 51.9 Å². The van der Waals surface area contributed by atoms with E-state index in [9.17, 15) is 33.4 Å². The van der Waals surface area contributed by atoms with Crippen molar-refractivity contribution in [1.29, 1.82) is 0 Å². The zero-order valence-corrected chi connectivity index (χ0v) is 27.4. The van der Waals surface area contributed by atoms with Gasteiger partial charge in [0.05, 0.1) is 30.8 Å². The molecule has 2 aromatic heterocycles. The van der Waals surface area contributed by atoms with E-state index in [1.165, 1.54) is 31.6 Å². The van der Waals surface area contributed by atoms with Crippen molar-refractivity contribution in [1.82, 2.24) is 25.0 Å². The Bertz CT molecular complexity index is 1840. The molecule has 260 valence electrons. The van der Waals surface area contributed by atoms with Gasteiger partial charge in [0, 0.05) is 35.8 Å². The van der Waals surface area contributed by atoms with E-state index in [0.717, 1.165) is 5.56 Å². The van der Waals surface area contributed by atoms with E-state index in [1.54, 1.807) is 22.7 Å². The number of anilines is 2. The number of ether oxygens (including phenoxy) is 1. The van der Waals surface area contributed by atoms with Crippen LogP contribution in [-0.4, -0.2) is 69.2 Å². The Morgan fingerprint density at radius 1 is 1.08 bits per heavy atom. The number of hydrogen-bond acceptors (Lipinski definition) is 8. The Balaban J connectivity index is 1.19. The molecular weight excluding hydrogens is 638 g/mol. The SMILES string of the molecule is CCc1cc(Nc2nccn3c(-c4ccc(OC)c(F)c4F)cnc23)ccc1C(=O)NCCCCCC(CC(=O)O)(CC1CNC1)C(=O)O. The first-order valence-electron chi connectivity index (χ1n) is 16.2. The Kier molecular flexibility index (Phi) is 11.1. The number of imidazole rings is 1. The number of methoxy groups -OCH3 is 1. The van der Waals surface area contributed by atoms with Gasteiger partial charge < -0.3 is 30.9 Å². The summed E-state index contributed by atoms with van der Waals surface area (Å²) in [7, 11) is 1.26. The Labute approximate surface area is 281 Å². The minimum Gasteiger partial charge on any atom is -0.494 e. The molecule has 0 aliphatic carbocycles. The van der Waals surface area contributed by atoms with Crippen LogP contribution in [0.5, 0.6) is 5.75 Å². The second-order valence-corrected chi connectivity index (χ2v) is 12.4. The first-order valence-corrected chi connectivity index (χ1v) is 16.2. The van der Waals surface area contributed by atoms with Gasteiger partial charge >= 0.3 is 11.9 Å². The topological polar surface area (TPSA) is 167 Å². The molecule has 3 heterocycles. The number of carboxylic acids is 2. The first kappa shape index (κ1) is 35.2. The molecule has 49 heavy (non-hydrogen) atoms. The smallest absolute Gasteiger partial charge is 0.310 e. The lowest BCUT2D eigenvalue weighted by molar-refractivity contribution is -0.158. The van der Waals surface area contributed by atoms with Crippen LogP contribution in [0, 0.1) is 23.0 Å². The van der Waals surface area contributed by atoms with E-state index in [4.69, 9.17) is 4.74 Å². The van der Waals surface area contributed by atoms with Crippen molar-refractivity contribution in [3.8, 4) is 17.0 Å². The molecule has 4 aromatic rings. The Hall–Kier alpha value is -5.11. The van der Waals surface area contributed by atoms with E-state index in [1.807, 2.05) is 13.0 Å². The van der Waals surface area contributed by atoms with E-state index in [-0.39, 0.29) is 29.6 Å². The van der Waals surface area contributed by atoms with Gasteiger partial charge in [-0.15, -0.1) is 0 Å². The largest absolute Gasteiger partial charge is 0.494 e. The standard InChI is InChI=1S/C35H40F2N6O6/c1-3-22-15-23(42-31-32-41-20-26(43(32)14-13-39-31)25-9-10-27(49-2)30(37)29(25)36)7-8-24(22)33(46)40-12-6-4-5-11-35(34(47)48,17-28(44)45)16-21-18-38-19-21/h7-10,13-15,20-21,38H,3-6,11-12,16-19H2,1-2H3,(H,39,42)(H,40,46)(H,44,45)(H,47,48). The fourth-order valence-electron chi connectivity index (χ4n) is 6.35. The van der Waals surface area contributed by atoms with Crippen LogP contribution in [0.4, 0.5) is 20.3 Å². The summed E-state index contributed by atoms with van der Waals surface area (Å²) in [6, 6.07) is 8.07. The number of unbranched alkanes of at least 4 members (excludes halogenated alkanes) is 2. The van der Waals surface area contributed by atoms with Crippen LogP contribution in [0.2, 0.25) is 0 Å². The molecule has 2 aromatic carbocycles. The van der Waals surface area contributed by atoms with Crippen molar-refractivity contribution in [2.24, 2.45) is 11.3 Å². The lowest BCUT2D eigenvalue weighted by Gasteiger charge is -2.36. The van der Waals surface area contributed by atoms with Gasteiger partial charge in [0.1, 0.15) is 0 Å². The average molecular weight is 679 g/mol. The lowest BCUT2D eigenvalue weighted by atomic mass is 9.71. The van der Waals surface area contributed by atoms with Gasteiger partial charge in [-0.05, 0) is 80.6 Å². The van der Waals surface area contributed by atoms with E-state index in [2.05, 4.69) is 25.9 Å². The van der Waals surface area contributed by atoms with Gasteiger partial charge in [0.2, 0.25) is 5.82 Å². The van der Waals surface area contributed by atoms with Gasteiger partial charge in [-0.2, -0.15) is 4.39 Å². The molecule has 1 amide bonds. The number of halogens is 2. The van der Waals surface area contributed by atoms with Crippen LogP contribution in [0.25, 0.3) is 16.9 Å². The molecule has 0 bridgehead atoms. The summed E-state index contributed by atoms with van der Waals surface area (Å²) in [5.74, 6) is -4.22. The van der Waals surface area contributed by atoms with Crippen molar-refractivity contribution >= 4 is 35.0 Å². The summed E-state index contributed by atoms with van der Waals surface area (Å²) in [6.07, 6.45) is 7.13. The Morgan fingerprint density at radius 2 is 1.88 bits per heavy atom. The number of carboxylic acid groups (broad SMARTS) is 2. The average Bonchev–Trinajstić information content (AvgIpc) is 3.49. The molecule has 0 radical (unpaired) electrons. The number of carbonyl (C=O) groups excluding carboxylic acids is 1. The number of aromatic nitrogens is 3. The zero-order valence-electron chi connectivity index (χ0n) is 27.4. The summed E-state index contributed by atoms with van der Waals surface area (Å²) in [5, 5.41) is 28.6. The molecular formula is C35H40F2N6O6. The molecule has 12 nitrogen and oxygen atoms in total. The highest BCUT2D eigenvalue weighted by Crippen LogP contribution is 2.38. The highest BCUT2D eigenvalue weighted by molar-refractivity contribution is 5.96. The number of amides is 1. The number of hydrogen-bond donors (Lipinski definition) is 5. The van der Waals surface area contributed by atoms with Crippen molar-refractivity contribution in [3.63, 3.8) is 0 Å². The maximum Gasteiger partial charge on any atom is 0.310 e. The third-order valence-corrected chi connectivity index (χ3v) is 9.07. The molecule has 1 unspecified atom stereocenters. The van der Waals surface area contributed by atoms with E-state index in [0.29, 0.717) is 80.1 Å². The number of rotatable bonds is 17. The van der Waals surface area contributed by atoms with Gasteiger partial charge in [-0.25, -0.2) is 14.4 Å². The summed E-state index contributed by atoms with van der Waals surface area (Å²) in [6.45, 7) is 3.73. The number of aryl methyl sites for hydroxylation is 1. The minimum atomic E-state index is -1.29. The van der Waals surface area contributed by atoms with Gasteiger partial charge in [0.25, 0.3) is 5.91 Å². The number of fused-ring (bicyclic) bond motifs is 1. The quantitative estimate of drug-likeness (QED) is 0.0909. The zero-order chi connectivity index (χ0) is 35.1. The normalized spacial score (nSPS) is 14.2. The second-order valence-electron chi connectivity index (χ2n) is 12.4. The van der Waals surface area contributed by atoms with Crippen LogP contribution in [-0.2, 0) is 16.0 Å². The number of carbonyl (C=O) groups is 3. The van der Waals surface area contributed by atoms with Crippen molar-refractivity contribution in [2.75, 3.05) is 32.1 Å². The third kappa shape index (κ3) is 7.80. The molecule has 1 fully saturated rings. The summed E-state index contributed by atoms with van der Waals surface area (Å²) < 4.78 is 35.8. The fraction of sp³-hybridized carbons (Fsp3) is 0.400. The number of nitrogens with one attached hydrogen (secondary N) is 3. The fourth-order valence-corrected chi connectivity index (χ4v) is 6.35. The maximum absolute atomic E-state index is 14.9. The van der Waals surface area contributed by atoms with Crippen LogP contribution < -0.4 is 20.7 Å². The van der Waals surface area contributed by atoms with Gasteiger partial charge in [-0.3, -0.25) is 18.8 Å². The Morgan fingerprint density at radius 3 is 2.55 bits per heavy atom. The molecule has 5 rings (SSSR count). The highest BCUT2D eigenvalue weighted by Gasteiger charge is 2.43. The molecule has 1 saturated heterocycles. The molecule has 1 atom stereocenters. The predicted octanol–water partition coefficient (Wildman–Crippen LogP) is 5.43. The highest BCUT2D eigenvalue weighted by atomic mass is 19.2. The lowest BCUT2D eigenvalue weighted by Crippen LogP contribution is -2.47. The molecule has 1 aliphatic heterocycles.